The van der Waals surface area contributed by atoms with Gasteiger partial charge in [-0.3, -0.25) is 4.68 Å². The van der Waals surface area contributed by atoms with Crippen LogP contribution in [0.1, 0.15) is 16.8 Å². The van der Waals surface area contributed by atoms with Crippen molar-refractivity contribution < 1.29 is 4.74 Å². The monoisotopic (exact) mass is 256 g/mol. The highest BCUT2D eigenvalue weighted by Crippen LogP contribution is 2.20. The fourth-order valence-electron chi connectivity index (χ4n) is 1.63. The Bertz CT molecular complexity index is 622. The summed E-state index contributed by atoms with van der Waals surface area (Å²) < 4.78 is 7.37. The Hall–Kier alpha value is -2.32. The molecular weight excluding hydrogens is 240 g/mol. The minimum Gasteiger partial charge on any atom is -0.486 e. The van der Waals surface area contributed by atoms with E-state index in [-0.39, 0.29) is 0 Å². The quantitative estimate of drug-likeness (QED) is 0.832. The van der Waals surface area contributed by atoms with Crippen LogP contribution in [-0.4, -0.2) is 21.5 Å². The number of nitrogens with two attached hydrogens (primary N) is 1. The minimum absolute atomic E-state index is 0.331. The van der Waals surface area contributed by atoms with Crippen molar-refractivity contribution in [1.29, 1.82) is 0 Å². The van der Waals surface area contributed by atoms with Gasteiger partial charge in [-0.1, -0.05) is 23.1 Å². The van der Waals surface area contributed by atoms with E-state index < -0.39 is 0 Å². The zero-order valence-electron chi connectivity index (χ0n) is 11.1. The number of hydrogen-bond donors (Lipinski definition) is 1. The molecule has 0 fully saturated rings. The lowest BCUT2D eigenvalue weighted by Gasteiger charge is -2.07. The third-order valence-corrected chi connectivity index (χ3v) is 2.49. The molecule has 0 aliphatic rings. The molecule has 0 atom stereocenters. The third kappa shape index (κ3) is 3.57. The van der Waals surface area contributed by atoms with Crippen LogP contribution in [0, 0.1) is 18.8 Å². The molecule has 0 bridgehead atoms. The van der Waals surface area contributed by atoms with Crippen molar-refractivity contribution in [1.82, 2.24) is 15.0 Å². The third-order valence-electron chi connectivity index (χ3n) is 2.49. The lowest BCUT2D eigenvalue weighted by atomic mass is 10.1. The Morgan fingerprint density at radius 1 is 1.42 bits per heavy atom. The summed E-state index contributed by atoms with van der Waals surface area (Å²) in [7, 11) is 1.82. The molecule has 5 heteroatoms. The molecule has 2 N–H and O–H groups in total. The van der Waals surface area contributed by atoms with Crippen LogP contribution in [0.2, 0.25) is 0 Å². The topological polar surface area (TPSA) is 66.0 Å². The van der Waals surface area contributed by atoms with E-state index in [1.54, 1.807) is 4.68 Å². The van der Waals surface area contributed by atoms with Crippen molar-refractivity contribution in [2.45, 2.75) is 13.5 Å². The molecule has 0 saturated carbocycles. The number of rotatable bonds is 3. The van der Waals surface area contributed by atoms with Crippen molar-refractivity contribution >= 4 is 0 Å². The highest BCUT2D eigenvalue weighted by Gasteiger charge is 2.04. The largest absolute Gasteiger partial charge is 0.486 e. The fourth-order valence-corrected chi connectivity index (χ4v) is 1.63. The number of ether oxygens (including phenoxy) is 1. The molecule has 98 valence electrons. The first-order valence-electron chi connectivity index (χ1n) is 5.96. The lowest BCUT2D eigenvalue weighted by Crippen LogP contribution is -1.99. The number of aromatic nitrogens is 3. The summed E-state index contributed by atoms with van der Waals surface area (Å²) >= 11 is 0. The minimum atomic E-state index is 0.331. The lowest BCUT2D eigenvalue weighted by molar-refractivity contribution is 0.300. The van der Waals surface area contributed by atoms with Gasteiger partial charge in [0, 0.05) is 7.05 Å². The van der Waals surface area contributed by atoms with E-state index in [2.05, 4.69) is 22.2 Å². The normalized spacial score (nSPS) is 9.84. The molecule has 0 unspecified atom stereocenters. The van der Waals surface area contributed by atoms with Crippen LogP contribution >= 0.6 is 0 Å². The molecular formula is C14H16N4O. The molecule has 5 nitrogen and oxygen atoms in total. The first kappa shape index (κ1) is 13.1. The average molecular weight is 256 g/mol. The zero-order valence-corrected chi connectivity index (χ0v) is 11.1. The predicted molar refractivity (Wildman–Crippen MR) is 72.4 cm³/mol. The van der Waals surface area contributed by atoms with Gasteiger partial charge in [-0.05, 0) is 24.6 Å². The number of nitrogens with zero attached hydrogens (tertiary/aromatic N) is 3. The molecule has 2 aromatic rings. The highest BCUT2D eigenvalue weighted by atomic mass is 16.5. The summed E-state index contributed by atoms with van der Waals surface area (Å²) in [6.07, 6.45) is 1.82. The molecule has 1 aromatic heterocycles. The average Bonchev–Trinajstić information content (AvgIpc) is 2.81. The van der Waals surface area contributed by atoms with Crippen molar-refractivity contribution in [3.05, 3.63) is 41.2 Å². The van der Waals surface area contributed by atoms with Crippen molar-refractivity contribution in [3.63, 3.8) is 0 Å². The molecule has 0 saturated heterocycles. The summed E-state index contributed by atoms with van der Waals surface area (Å²) in [6, 6.07) is 5.88. The van der Waals surface area contributed by atoms with Crippen molar-refractivity contribution in [2.24, 2.45) is 12.8 Å². The molecule has 0 radical (unpaired) electrons. The van der Waals surface area contributed by atoms with E-state index in [0.29, 0.717) is 13.2 Å². The molecule has 0 spiro atoms. The molecule has 19 heavy (non-hydrogen) atoms. The maximum atomic E-state index is 5.73. The summed E-state index contributed by atoms with van der Waals surface area (Å²) in [5.74, 6) is 6.59. The number of hydrogen-bond acceptors (Lipinski definition) is 4. The zero-order chi connectivity index (χ0) is 13.7. The smallest absolute Gasteiger partial charge is 0.135 e. The fraction of sp³-hybridized carbons (Fsp3) is 0.286. The molecule has 2 rings (SSSR count). The number of benzene rings is 1. The van der Waals surface area contributed by atoms with Gasteiger partial charge in [0.1, 0.15) is 18.1 Å². The second kappa shape index (κ2) is 6.03. The Labute approximate surface area is 112 Å². The molecule has 0 aliphatic heterocycles. The van der Waals surface area contributed by atoms with Crippen LogP contribution in [0.4, 0.5) is 0 Å². The van der Waals surface area contributed by atoms with Crippen LogP contribution in [0.3, 0.4) is 0 Å². The summed E-state index contributed by atoms with van der Waals surface area (Å²) in [6.45, 7) is 2.71. The van der Waals surface area contributed by atoms with E-state index >= 15 is 0 Å². The van der Waals surface area contributed by atoms with Crippen LogP contribution in [0.15, 0.2) is 24.4 Å². The van der Waals surface area contributed by atoms with Gasteiger partial charge in [0.25, 0.3) is 0 Å². The van der Waals surface area contributed by atoms with E-state index in [1.807, 2.05) is 38.4 Å². The summed E-state index contributed by atoms with van der Waals surface area (Å²) in [5.41, 5.74) is 8.15. The molecule has 1 aromatic carbocycles. The van der Waals surface area contributed by atoms with Crippen LogP contribution in [0.25, 0.3) is 0 Å². The van der Waals surface area contributed by atoms with Gasteiger partial charge in [0.05, 0.1) is 18.3 Å². The van der Waals surface area contributed by atoms with Gasteiger partial charge in [-0.15, -0.1) is 5.10 Å². The van der Waals surface area contributed by atoms with Crippen molar-refractivity contribution in [2.75, 3.05) is 6.54 Å². The van der Waals surface area contributed by atoms with E-state index in [0.717, 1.165) is 22.6 Å². The second-order valence-electron chi connectivity index (χ2n) is 4.18. The van der Waals surface area contributed by atoms with Gasteiger partial charge < -0.3 is 10.5 Å². The summed E-state index contributed by atoms with van der Waals surface area (Å²) in [4.78, 5) is 0. The maximum Gasteiger partial charge on any atom is 0.135 e. The van der Waals surface area contributed by atoms with Crippen molar-refractivity contribution in [3.8, 4) is 17.6 Å². The molecule has 0 amide bonds. The van der Waals surface area contributed by atoms with Gasteiger partial charge in [0.15, 0.2) is 0 Å². The molecule has 1 heterocycles. The van der Waals surface area contributed by atoms with Gasteiger partial charge in [-0.2, -0.15) is 0 Å². The van der Waals surface area contributed by atoms with E-state index in [1.165, 1.54) is 0 Å². The van der Waals surface area contributed by atoms with E-state index in [4.69, 9.17) is 10.5 Å². The van der Waals surface area contributed by atoms with Gasteiger partial charge in [0.2, 0.25) is 0 Å². The van der Waals surface area contributed by atoms with Crippen LogP contribution in [-0.2, 0) is 13.7 Å². The molecule has 0 aliphatic carbocycles. The standard InChI is InChI=1S/C14H16N4O/c1-11-5-6-14(12(8-11)4-3-7-15)19-10-13-9-18(2)17-16-13/h5-6,8-9H,7,10,15H2,1-2H3. The van der Waals surface area contributed by atoms with Gasteiger partial charge in [-0.25, -0.2) is 0 Å². The SMILES string of the molecule is Cc1ccc(OCc2cn(C)nn2)c(C#CCN)c1. The van der Waals surface area contributed by atoms with Crippen LogP contribution in [0.5, 0.6) is 5.75 Å². The Morgan fingerprint density at radius 2 is 2.26 bits per heavy atom. The first-order chi connectivity index (χ1) is 9.19. The van der Waals surface area contributed by atoms with E-state index in [9.17, 15) is 0 Å². The second-order valence-corrected chi connectivity index (χ2v) is 4.18. The summed E-state index contributed by atoms with van der Waals surface area (Å²) in [5, 5.41) is 7.83. The Morgan fingerprint density at radius 3 is 2.95 bits per heavy atom. The number of aryl methyl sites for hydroxylation is 2. The van der Waals surface area contributed by atoms with Gasteiger partial charge >= 0.3 is 0 Å². The predicted octanol–water partition coefficient (Wildman–Crippen LogP) is 1.01. The highest BCUT2D eigenvalue weighted by molar-refractivity contribution is 5.48. The Kier molecular flexibility index (Phi) is 4.16. The first-order valence-corrected chi connectivity index (χ1v) is 5.96. The van der Waals surface area contributed by atoms with Crippen LogP contribution < -0.4 is 10.5 Å². The maximum absolute atomic E-state index is 5.73. The Balaban J connectivity index is 2.15.